The summed E-state index contributed by atoms with van der Waals surface area (Å²) in [6, 6.07) is 3.78. The number of pyridine rings is 1. The number of hydrogen-bond acceptors (Lipinski definition) is 3. The molecule has 0 unspecified atom stereocenters. The highest BCUT2D eigenvalue weighted by molar-refractivity contribution is 5.82. The van der Waals surface area contributed by atoms with Gasteiger partial charge >= 0.3 is 0 Å². The smallest absolute Gasteiger partial charge is 0.224 e. The van der Waals surface area contributed by atoms with E-state index >= 15 is 0 Å². The van der Waals surface area contributed by atoms with E-state index in [1.54, 1.807) is 6.20 Å². The molecule has 0 bridgehead atoms. The number of nitrogens with zero attached hydrogens (tertiary/aromatic N) is 1. The number of aryl methyl sites for hydroxylation is 1. The minimum atomic E-state index is 0.621. The van der Waals surface area contributed by atoms with Gasteiger partial charge in [-0.3, -0.25) is 0 Å². The van der Waals surface area contributed by atoms with Crippen molar-refractivity contribution in [2.75, 3.05) is 6.61 Å². The van der Waals surface area contributed by atoms with Crippen LogP contribution in [0.3, 0.4) is 0 Å². The van der Waals surface area contributed by atoms with Gasteiger partial charge in [-0.1, -0.05) is 0 Å². The Morgan fingerprint density at radius 3 is 3.15 bits per heavy atom. The van der Waals surface area contributed by atoms with Crippen molar-refractivity contribution in [1.82, 2.24) is 4.98 Å². The summed E-state index contributed by atoms with van der Waals surface area (Å²) in [6.07, 6.45) is 1.69. The number of hydrogen-bond donors (Lipinski definition) is 0. The molecule has 0 aliphatic rings. The molecule has 13 heavy (non-hydrogen) atoms. The standard InChI is InChI=1S/C10H11NO2/c1-3-12-10-8-6-7(2)13-9(8)4-5-11-10/h4-6H,3H2,1-2H3. The van der Waals surface area contributed by atoms with Crippen LogP contribution in [0.5, 0.6) is 5.88 Å². The Morgan fingerprint density at radius 1 is 1.54 bits per heavy atom. The number of ether oxygens (including phenoxy) is 1. The summed E-state index contributed by atoms with van der Waals surface area (Å²) in [5, 5.41) is 0.946. The van der Waals surface area contributed by atoms with Gasteiger partial charge in [0.05, 0.1) is 12.0 Å². The van der Waals surface area contributed by atoms with E-state index in [0.29, 0.717) is 12.5 Å². The van der Waals surface area contributed by atoms with Gasteiger partial charge in [0.2, 0.25) is 5.88 Å². The number of furan rings is 1. The highest BCUT2D eigenvalue weighted by Crippen LogP contribution is 2.25. The average Bonchev–Trinajstić information content (AvgIpc) is 2.47. The van der Waals surface area contributed by atoms with Crippen molar-refractivity contribution < 1.29 is 9.15 Å². The minimum Gasteiger partial charge on any atom is -0.477 e. The fraction of sp³-hybridized carbons (Fsp3) is 0.300. The second kappa shape index (κ2) is 3.09. The lowest BCUT2D eigenvalue weighted by molar-refractivity contribution is 0.331. The van der Waals surface area contributed by atoms with Gasteiger partial charge in [0.15, 0.2) is 0 Å². The Bertz CT molecular complexity index is 420. The molecule has 0 aliphatic heterocycles. The molecule has 2 aromatic rings. The lowest BCUT2D eigenvalue weighted by atomic mass is 10.3. The van der Waals surface area contributed by atoms with Crippen LogP contribution >= 0.6 is 0 Å². The first-order valence-corrected chi connectivity index (χ1v) is 4.29. The summed E-state index contributed by atoms with van der Waals surface area (Å²) in [5.41, 5.74) is 0.830. The van der Waals surface area contributed by atoms with Gasteiger partial charge in [-0.15, -0.1) is 0 Å². The van der Waals surface area contributed by atoms with Crippen LogP contribution in [0, 0.1) is 6.92 Å². The number of aromatic nitrogens is 1. The van der Waals surface area contributed by atoms with Gasteiger partial charge in [-0.05, 0) is 19.9 Å². The second-order valence-corrected chi connectivity index (χ2v) is 2.82. The molecule has 0 amide bonds. The van der Waals surface area contributed by atoms with Crippen LogP contribution < -0.4 is 4.74 Å². The molecule has 0 N–H and O–H groups in total. The largest absolute Gasteiger partial charge is 0.477 e. The lowest BCUT2D eigenvalue weighted by Crippen LogP contribution is -1.93. The fourth-order valence-corrected chi connectivity index (χ4v) is 1.32. The first-order chi connectivity index (χ1) is 6.31. The molecule has 0 saturated carbocycles. The van der Waals surface area contributed by atoms with Crippen LogP contribution in [-0.4, -0.2) is 11.6 Å². The Labute approximate surface area is 76.3 Å². The summed E-state index contributed by atoms with van der Waals surface area (Å²) < 4.78 is 10.8. The summed E-state index contributed by atoms with van der Waals surface area (Å²) >= 11 is 0. The Hall–Kier alpha value is -1.51. The summed E-state index contributed by atoms with van der Waals surface area (Å²) in [7, 11) is 0. The molecule has 0 fully saturated rings. The zero-order valence-electron chi connectivity index (χ0n) is 7.70. The van der Waals surface area contributed by atoms with E-state index in [4.69, 9.17) is 9.15 Å². The predicted octanol–water partition coefficient (Wildman–Crippen LogP) is 2.53. The Balaban J connectivity index is 2.60. The molecule has 68 valence electrons. The molecule has 2 aromatic heterocycles. The molecule has 0 atom stereocenters. The molecule has 0 aromatic carbocycles. The summed E-state index contributed by atoms with van der Waals surface area (Å²) in [4.78, 5) is 4.13. The highest BCUT2D eigenvalue weighted by atomic mass is 16.5. The minimum absolute atomic E-state index is 0.621. The van der Waals surface area contributed by atoms with Crippen LogP contribution in [0.15, 0.2) is 22.7 Å². The molecule has 0 aliphatic carbocycles. The van der Waals surface area contributed by atoms with Gasteiger partial charge in [-0.2, -0.15) is 0 Å². The number of rotatable bonds is 2. The lowest BCUT2D eigenvalue weighted by Gasteiger charge is -2.00. The van der Waals surface area contributed by atoms with Crippen LogP contribution in [0.2, 0.25) is 0 Å². The second-order valence-electron chi connectivity index (χ2n) is 2.82. The molecule has 3 heteroatoms. The van der Waals surface area contributed by atoms with Gasteiger partial charge in [0, 0.05) is 12.3 Å². The third-order valence-electron chi connectivity index (χ3n) is 1.81. The van der Waals surface area contributed by atoms with E-state index in [2.05, 4.69) is 4.98 Å². The van der Waals surface area contributed by atoms with E-state index in [0.717, 1.165) is 16.7 Å². The molecule has 0 saturated heterocycles. The third-order valence-corrected chi connectivity index (χ3v) is 1.81. The molecule has 0 spiro atoms. The van der Waals surface area contributed by atoms with E-state index < -0.39 is 0 Å². The van der Waals surface area contributed by atoms with E-state index in [9.17, 15) is 0 Å². The molecule has 2 rings (SSSR count). The zero-order valence-corrected chi connectivity index (χ0v) is 7.70. The van der Waals surface area contributed by atoms with Crippen LogP contribution in [0.1, 0.15) is 12.7 Å². The predicted molar refractivity (Wildman–Crippen MR) is 49.9 cm³/mol. The van der Waals surface area contributed by atoms with Crippen molar-refractivity contribution in [2.45, 2.75) is 13.8 Å². The fourth-order valence-electron chi connectivity index (χ4n) is 1.32. The monoisotopic (exact) mass is 177 g/mol. The Morgan fingerprint density at radius 2 is 2.38 bits per heavy atom. The van der Waals surface area contributed by atoms with Crippen molar-refractivity contribution in [3.63, 3.8) is 0 Å². The van der Waals surface area contributed by atoms with E-state index in [1.807, 2.05) is 26.0 Å². The van der Waals surface area contributed by atoms with Crippen LogP contribution in [0.4, 0.5) is 0 Å². The first-order valence-electron chi connectivity index (χ1n) is 4.29. The maximum absolute atomic E-state index is 5.43. The quantitative estimate of drug-likeness (QED) is 0.707. The van der Waals surface area contributed by atoms with E-state index in [-0.39, 0.29) is 0 Å². The first kappa shape index (κ1) is 8.10. The highest BCUT2D eigenvalue weighted by Gasteiger charge is 2.06. The summed E-state index contributed by atoms with van der Waals surface area (Å²) in [6.45, 7) is 4.47. The Kier molecular flexibility index (Phi) is 1.93. The van der Waals surface area contributed by atoms with Gasteiger partial charge in [-0.25, -0.2) is 4.98 Å². The summed E-state index contributed by atoms with van der Waals surface area (Å²) in [5.74, 6) is 1.53. The van der Waals surface area contributed by atoms with Crippen molar-refractivity contribution in [3.05, 3.63) is 24.1 Å². The SMILES string of the molecule is CCOc1nccc2oc(C)cc12. The van der Waals surface area contributed by atoms with Gasteiger partial charge in [0.1, 0.15) is 11.3 Å². The van der Waals surface area contributed by atoms with Crippen molar-refractivity contribution in [2.24, 2.45) is 0 Å². The maximum Gasteiger partial charge on any atom is 0.224 e. The topological polar surface area (TPSA) is 35.3 Å². The molecule has 2 heterocycles. The van der Waals surface area contributed by atoms with Crippen molar-refractivity contribution in [3.8, 4) is 5.88 Å². The van der Waals surface area contributed by atoms with E-state index in [1.165, 1.54) is 0 Å². The third kappa shape index (κ3) is 1.37. The molecule has 3 nitrogen and oxygen atoms in total. The van der Waals surface area contributed by atoms with Crippen LogP contribution in [0.25, 0.3) is 11.0 Å². The normalized spacial score (nSPS) is 10.6. The molecule has 0 radical (unpaired) electrons. The van der Waals surface area contributed by atoms with Gasteiger partial charge < -0.3 is 9.15 Å². The van der Waals surface area contributed by atoms with Crippen molar-refractivity contribution in [1.29, 1.82) is 0 Å². The maximum atomic E-state index is 5.43. The molecular formula is C10H11NO2. The zero-order chi connectivity index (χ0) is 9.26. The number of fused-ring (bicyclic) bond motifs is 1. The average molecular weight is 177 g/mol. The van der Waals surface area contributed by atoms with Crippen molar-refractivity contribution >= 4 is 11.0 Å². The van der Waals surface area contributed by atoms with Crippen LogP contribution in [-0.2, 0) is 0 Å². The molecular weight excluding hydrogens is 166 g/mol. The van der Waals surface area contributed by atoms with Gasteiger partial charge in [0.25, 0.3) is 0 Å².